The van der Waals surface area contributed by atoms with Gasteiger partial charge in [-0.15, -0.1) is 0 Å². The molecular weight excluding hydrogens is 360 g/mol. The third kappa shape index (κ3) is 5.08. The molecule has 0 spiro atoms. The van der Waals surface area contributed by atoms with Crippen molar-refractivity contribution in [3.63, 3.8) is 0 Å². The second-order valence-electron chi connectivity index (χ2n) is 6.12. The molecule has 0 bridgehead atoms. The van der Waals surface area contributed by atoms with Crippen LogP contribution in [0.5, 0.6) is 0 Å². The van der Waals surface area contributed by atoms with Crippen molar-refractivity contribution in [2.75, 3.05) is 6.54 Å². The first-order chi connectivity index (χ1) is 13.2. The minimum Gasteiger partial charge on any atom is -0.357 e. The SMILES string of the molecule is CCNC(=NCc1cccc(-c2ncn[nH]2)c1)NC(C)c1ccccc1Cl. The molecule has 0 aliphatic rings. The molecule has 0 aliphatic carbocycles. The highest BCUT2D eigenvalue weighted by Gasteiger charge is 2.11. The van der Waals surface area contributed by atoms with Crippen LogP contribution in [0.15, 0.2) is 59.9 Å². The highest BCUT2D eigenvalue weighted by atomic mass is 35.5. The van der Waals surface area contributed by atoms with Crippen LogP contribution in [0.25, 0.3) is 11.4 Å². The number of hydrogen-bond donors (Lipinski definition) is 3. The van der Waals surface area contributed by atoms with E-state index in [0.29, 0.717) is 6.54 Å². The zero-order chi connectivity index (χ0) is 19.1. The number of aliphatic imine (C=N–C) groups is 1. The average molecular weight is 383 g/mol. The van der Waals surface area contributed by atoms with Gasteiger partial charge in [0.1, 0.15) is 6.33 Å². The van der Waals surface area contributed by atoms with E-state index in [1.54, 1.807) is 0 Å². The molecular formula is C20H23ClN6. The van der Waals surface area contributed by atoms with E-state index in [1.807, 2.05) is 49.4 Å². The summed E-state index contributed by atoms with van der Waals surface area (Å²) in [6.07, 6.45) is 1.50. The van der Waals surface area contributed by atoms with E-state index in [2.05, 4.69) is 38.8 Å². The Morgan fingerprint density at radius 2 is 2.07 bits per heavy atom. The topological polar surface area (TPSA) is 78.0 Å². The third-order valence-corrected chi connectivity index (χ3v) is 4.45. The van der Waals surface area contributed by atoms with Gasteiger partial charge in [-0.1, -0.05) is 48.0 Å². The van der Waals surface area contributed by atoms with E-state index in [4.69, 9.17) is 16.6 Å². The predicted octanol–water partition coefficient (Wildman–Crippen LogP) is 3.94. The summed E-state index contributed by atoms with van der Waals surface area (Å²) in [6, 6.07) is 16.0. The van der Waals surface area contributed by atoms with Crippen molar-refractivity contribution in [1.82, 2.24) is 25.8 Å². The fraction of sp³-hybridized carbons (Fsp3) is 0.250. The molecule has 140 valence electrons. The molecule has 6 nitrogen and oxygen atoms in total. The number of rotatable bonds is 6. The lowest BCUT2D eigenvalue weighted by molar-refractivity contribution is 0.686. The van der Waals surface area contributed by atoms with Crippen LogP contribution in [0.4, 0.5) is 0 Å². The Morgan fingerprint density at radius 1 is 1.22 bits per heavy atom. The first-order valence-corrected chi connectivity index (χ1v) is 9.29. The maximum Gasteiger partial charge on any atom is 0.192 e. The van der Waals surface area contributed by atoms with Gasteiger partial charge in [0.25, 0.3) is 0 Å². The van der Waals surface area contributed by atoms with Crippen molar-refractivity contribution < 1.29 is 0 Å². The van der Waals surface area contributed by atoms with Crippen LogP contribution < -0.4 is 10.6 Å². The Bertz CT molecular complexity index is 891. The lowest BCUT2D eigenvalue weighted by atomic mass is 10.1. The maximum atomic E-state index is 6.30. The van der Waals surface area contributed by atoms with Gasteiger partial charge in [-0.25, -0.2) is 9.98 Å². The number of guanidine groups is 1. The molecule has 1 heterocycles. The molecule has 0 amide bonds. The summed E-state index contributed by atoms with van der Waals surface area (Å²) in [5.74, 6) is 1.49. The van der Waals surface area contributed by atoms with Crippen molar-refractivity contribution in [1.29, 1.82) is 0 Å². The smallest absolute Gasteiger partial charge is 0.192 e. The van der Waals surface area contributed by atoms with Gasteiger partial charge in [0, 0.05) is 17.1 Å². The summed E-state index contributed by atoms with van der Waals surface area (Å²) in [5, 5.41) is 14.2. The Balaban J connectivity index is 1.72. The first-order valence-electron chi connectivity index (χ1n) is 8.91. The standard InChI is InChI=1S/C20H23ClN6/c1-3-22-20(26-14(2)17-9-4-5-10-18(17)21)23-12-15-7-6-8-16(11-15)19-24-13-25-27-19/h4-11,13-14H,3,12H2,1-2H3,(H2,22,23,26)(H,24,25,27). The number of benzene rings is 2. The molecule has 7 heteroatoms. The molecule has 2 aromatic carbocycles. The molecule has 3 N–H and O–H groups in total. The zero-order valence-corrected chi connectivity index (χ0v) is 16.2. The zero-order valence-electron chi connectivity index (χ0n) is 15.4. The summed E-state index contributed by atoms with van der Waals surface area (Å²) in [4.78, 5) is 8.90. The second kappa shape index (κ2) is 9.19. The van der Waals surface area contributed by atoms with Crippen molar-refractivity contribution in [2.24, 2.45) is 4.99 Å². The fourth-order valence-corrected chi connectivity index (χ4v) is 3.06. The largest absolute Gasteiger partial charge is 0.357 e. The van der Waals surface area contributed by atoms with E-state index >= 15 is 0 Å². The molecule has 1 aromatic heterocycles. The number of nitrogens with one attached hydrogen (secondary N) is 3. The molecule has 0 fully saturated rings. The molecule has 0 saturated heterocycles. The average Bonchev–Trinajstić information content (AvgIpc) is 3.22. The highest BCUT2D eigenvalue weighted by molar-refractivity contribution is 6.31. The molecule has 27 heavy (non-hydrogen) atoms. The van der Waals surface area contributed by atoms with E-state index in [0.717, 1.165) is 40.0 Å². The Hall–Kier alpha value is -2.86. The second-order valence-corrected chi connectivity index (χ2v) is 6.52. The Labute approximate surface area is 164 Å². The van der Waals surface area contributed by atoms with E-state index in [1.165, 1.54) is 6.33 Å². The minimum atomic E-state index is 0.0389. The van der Waals surface area contributed by atoms with Crippen LogP contribution in [0.2, 0.25) is 5.02 Å². The van der Waals surface area contributed by atoms with Crippen LogP contribution in [0.1, 0.15) is 31.0 Å². The predicted molar refractivity (Wildman–Crippen MR) is 110 cm³/mol. The van der Waals surface area contributed by atoms with Crippen molar-refractivity contribution in [3.05, 3.63) is 71.0 Å². The van der Waals surface area contributed by atoms with Crippen LogP contribution in [-0.2, 0) is 6.54 Å². The minimum absolute atomic E-state index is 0.0389. The number of hydrogen-bond acceptors (Lipinski definition) is 3. The summed E-state index contributed by atoms with van der Waals surface area (Å²) < 4.78 is 0. The van der Waals surface area contributed by atoms with Gasteiger partial charge in [-0.05, 0) is 37.1 Å². The molecule has 1 atom stereocenters. The monoisotopic (exact) mass is 382 g/mol. The normalized spacial score (nSPS) is 12.6. The van der Waals surface area contributed by atoms with E-state index < -0.39 is 0 Å². The molecule has 1 unspecified atom stereocenters. The van der Waals surface area contributed by atoms with Crippen LogP contribution in [0.3, 0.4) is 0 Å². The molecule has 0 radical (unpaired) electrons. The van der Waals surface area contributed by atoms with Crippen LogP contribution in [0, 0.1) is 0 Å². The molecule has 3 rings (SSSR count). The number of aromatic amines is 1. The van der Waals surface area contributed by atoms with Crippen molar-refractivity contribution in [3.8, 4) is 11.4 Å². The van der Waals surface area contributed by atoms with Gasteiger partial charge in [0.15, 0.2) is 11.8 Å². The van der Waals surface area contributed by atoms with Crippen molar-refractivity contribution in [2.45, 2.75) is 26.4 Å². The number of aromatic nitrogens is 3. The van der Waals surface area contributed by atoms with E-state index in [9.17, 15) is 0 Å². The Morgan fingerprint density at radius 3 is 2.81 bits per heavy atom. The Kier molecular flexibility index (Phi) is 6.44. The van der Waals surface area contributed by atoms with Crippen molar-refractivity contribution >= 4 is 17.6 Å². The summed E-state index contributed by atoms with van der Waals surface area (Å²) in [7, 11) is 0. The fourth-order valence-electron chi connectivity index (χ4n) is 2.76. The lowest BCUT2D eigenvalue weighted by Crippen LogP contribution is -2.38. The molecule has 0 saturated carbocycles. The van der Waals surface area contributed by atoms with Gasteiger partial charge in [-0.3, -0.25) is 5.10 Å². The van der Waals surface area contributed by atoms with Gasteiger partial charge >= 0.3 is 0 Å². The van der Waals surface area contributed by atoms with Gasteiger partial charge < -0.3 is 10.6 Å². The number of nitrogens with zero attached hydrogens (tertiary/aromatic N) is 3. The quantitative estimate of drug-likeness (QED) is 0.445. The maximum absolute atomic E-state index is 6.30. The summed E-state index contributed by atoms with van der Waals surface area (Å²) in [6.45, 7) is 5.44. The van der Waals surface area contributed by atoms with Gasteiger partial charge in [-0.2, -0.15) is 5.10 Å². The molecule has 0 aliphatic heterocycles. The summed E-state index contributed by atoms with van der Waals surface area (Å²) >= 11 is 6.30. The van der Waals surface area contributed by atoms with Gasteiger partial charge in [0.05, 0.1) is 12.6 Å². The van der Waals surface area contributed by atoms with Crippen LogP contribution >= 0.6 is 11.6 Å². The first kappa shape index (κ1) is 18.9. The third-order valence-electron chi connectivity index (χ3n) is 4.10. The highest BCUT2D eigenvalue weighted by Crippen LogP contribution is 2.22. The van der Waals surface area contributed by atoms with E-state index in [-0.39, 0.29) is 6.04 Å². The van der Waals surface area contributed by atoms with Gasteiger partial charge in [0.2, 0.25) is 0 Å². The number of H-pyrrole nitrogens is 1. The summed E-state index contributed by atoms with van der Waals surface area (Å²) in [5.41, 5.74) is 3.12. The lowest BCUT2D eigenvalue weighted by Gasteiger charge is -2.19. The van der Waals surface area contributed by atoms with Crippen LogP contribution in [-0.4, -0.2) is 27.7 Å². The number of halogens is 1. The molecule has 3 aromatic rings.